The number of carboxylic acid groups (broad SMARTS) is 1. The van der Waals surface area contributed by atoms with E-state index >= 15 is 0 Å². The number of carboxylic acids is 1. The quantitative estimate of drug-likeness (QED) is 0.813. The molecule has 0 spiro atoms. The van der Waals surface area contributed by atoms with E-state index in [0.717, 1.165) is 5.69 Å². The molecule has 6 heteroatoms. The maximum atomic E-state index is 10.6. The Morgan fingerprint density at radius 2 is 2.38 bits per heavy atom. The van der Waals surface area contributed by atoms with Crippen LogP contribution in [0, 0.1) is 0 Å². The van der Waals surface area contributed by atoms with Gasteiger partial charge >= 0.3 is 5.97 Å². The van der Waals surface area contributed by atoms with E-state index in [1.807, 2.05) is 13.1 Å². The number of aromatic carboxylic acids is 1. The molecule has 0 saturated heterocycles. The van der Waals surface area contributed by atoms with Gasteiger partial charge in [-0.05, 0) is 12.1 Å². The van der Waals surface area contributed by atoms with Gasteiger partial charge in [-0.3, -0.25) is 4.68 Å². The minimum absolute atomic E-state index is 0.0764. The zero-order valence-corrected chi connectivity index (χ0v) is 8.67. The van der Waals surface area contributed by atoms with Gasteiger partial charge in [0.2, 0.25) is 5.76 Å². The fourth-order valence-corrected chi connectivity index (χ4v) is 1.30. The molecule has 0 aliphatic heterocycles. The van der Waals surface area contributed by atoms with Gasteiger partial charge in [-0.1, -0.05) is 0 Å². The molecule has 0 aliphatic rings. The van der Waals surface area contributed by atoms with Crippen LogP contribution in [0.4, 0.5) is 5.88 Å². The van der Waals surface area contributed by atoms with Crippen molar-refractivity contribution in [3.05, 3.63) is 35.9 Å². The van der Waals surface area contributed by atoms with Crippen LogP contribution >= 0.6 is 0 Å². The van der Waals surface area contributed by atoms with E-state index in [4.69, 9.17) is 9.52 Å². The Labute approximate surface area is 91.5 Å². The number of nitrogens with zero attached hydrogens (tertiary/aromatic N) is 2. The van der Waals surface area contributed by atoms with Gasteiger partial charge in [0.15, 0.2) is 5.88 Å². The number of furan rings is 1. The van der Waals surface area contributed by atoms with Gasteiger partial charge in [-0.15, -0.1) is 0 Å². The number of hydrogen-bond donors (Lipinski definition) is 2. The normalized spacial score (nSPS) is 10.3. The molecule has 0 bridgehead atoms. The maximum absolute atomic E-state index is 10.6. The maximum Gasteiger partial charge on any atom is 0.371 e. The van der Waals surface area contributed by atoms with Crippen LogP contribution in [0.5, 0.6) is 0 Å². The third kappa shape index (κ3) is 2.05. The van der Waals surface area contributed by atoms with Crippen molar-refractivity contribution in [1.29, 1.82) is 0 Å². The molecular weight excluding hydrogens is 210 g/mol. The van der Waals surface area contributed by atoms with Crippen LogP contribution in [0.3, 0.4) is 0 Å². The Balaban J connectivity index is 2.00. The van der Waals surface area contributed by atoms with Crippen LogP contribution in [-0.2, 0) is 13.6 Å². The Morgan fingerprint density at radius 1 is 1.56 bits per heavy atom. The summed E-state index contributed by atoms with van der Waals surface area (Å²) in [6, 6.07) is 4.86. The third-order valence-corrected chi connectivity index (χ3v) is 2.18. The average Bonchev–Trinajstić information content (AvgIpc) is 2.83. The lowest BCUT2D eigenvalue weighted by Gasteiger charge is -2.02. The van der Waals surface area contributed by atoms with Crippen molar-refractivity contribution in [2.75, 3.05) is 5.32 Å². The molecule has 2 aromatic rings. The highest BCUT2D eigenvalue weighted by atomic mass is 16.4. The lowest BCUT2D eigenvalue weighted by atomic mass is 10.4. The van der Waals surface area contributed by atoms with Crippen LogP contribution < -0.4 is 5.32 Å². The van der Waals surface area contributed by atoms with Crippen LogP contribution in [0.2, 0.25) is 0 Å². The fraction of sp³-hybridized carbons (Fsp3) is 0.200. The smallest absolute Gasteiger partial charge is 0.371 e. The highest BCUT2D eigenvalue weighted by Gasteiger charge is 2.08. The predicted molar refractivity (Wildman–Crippen MR) is 56.2 cm³/mol. The summed E-state index contributed by atoms with van der Waals surface area (Å²) >= 11 is 0. The highest BCUT2D eigenvalue weighted by Crippen LogP contribution is 2.14. The SMILES string of the molecule is Cn1nccc1CNc1ccc(C(=O)O)o1. The summed E-state index contributed by atoms with van der Waals surface area (Å²) in [5.41, 5.74) is 0.980. The molecule has 16 heavy (non-hydrogen) atoms. The van der Waals surface area contributed by atoms with Gasteiger partial charge in [-0.25, -0.2) is 4.79 Å². The number of rotatable bonds is 4. The third-order valence-electron chi connectivity index (χ3n) is 2.18. The summed E-state index contributed by atoms with van der Waals surface area (Å²) in [7, 11) is 1.84. The molecule has 0 fully saturated rings. The Bertz CT molecular complexity index is 501. The van der Waals surface area contributed by atoms with Crippen molar-refractivity contribution >= 4 is 11.9 Å². The number of carbonyl (C=O) groups is 1. The molecule has 0 radical (unpaired) electrons. The van der Waals surface area contributed by atoms with Crippen LogP contribution in [0.25, 0.3) is 0 Å². The van der Waals surface area contributed by atoms with Gasteiger partial charge in [0.1, 0.15) is 0 Å². The molecule has 2 heterocycles. The van der Waals surface area contributed by atoms with Gasteiger partial charge < -0.3 is 14.8 Å². The van der Waals surface area contributed by atoms with E-state index in [0.29, 0.717) is 12.4 Å². The molecule has 0 aromatic carbocycles. The molecular formula is C10H11N3O3. The minimum atomic E-state index is -1.08. The van der Waals surface area contributed by atoms with Crippen molar-refractivity contribution in [3.8, 4) is 0 Å². The van der Waals surface area contributed by atoms with Crippen molar-refractivity contribution in [2.24, 2.45) is 7.05 Å². The average molecular weight is 221 g/mol. The summed E-state index contributed by atoms with van der Waals surface area (Å²) in [4.78, 5) is 10.6. The van der Waals surface area contributed by atoms with Gasteiger partial charge in [0.05, 0.1) is 12.2 Å². The molecule has 2 N–H and O–H groups in total. The van der Waals surface area contributed by atoms with E-state index < -0.39 is 5.97 Å². The van der Waals surface area contributed by atoms with Gasteiger partial charge in [0, 0.05) is 19.3 Å². The van der Waals surface area contributed by atoms with Crippen LogP contribution in [-0.4, -0.2) is 20.9 Å². The minimum Gasteiger partial charge on any atom is -0.475 e. The number of anilines is 1. The largest absolute Gasteiger partial charge is 0.475 e. The van der Waals surface area contributed by atoms with Crippen molar-refractivity contribution in [1.82, 2.24) is 9.78 Å². The van der Waals surface area contributed by atoms with Crippen molar-refractivity contribution in [2.45, 2.75) is 6.54 Å². The Morgan fingerprint density at radius 3 is 2.94 bits per heavy atom. The predicted octanol–water partition coefficient (Wildman–Crippen LogP) is 1.32. The standard InChI is InChI=1S/C10H11N3O3/c1-13-7(4-5-12-13)6-11-9-3-2-8(16-9)10(14)15/h2-5,11H,6H2,1H3,(H,14,15). The molecule has 2 aromatic heterocycles. The van der Waals surface area contributed by atoms with E-state index in [-0.39, 0.29) is 5.76 Å². The fourth-order valence-electron chi connectivity index (χ4n) is 1.30. The van der Waals surface area contributed by atoms with Crippen molar-refractivity contribution in [3.63, 3.8) is 0 Å². The summed E-state index contributed by atoms with van der Waals surface area (Å²) in [6.45, 7) is 0.531. The highest BCUT2D eigenvalue weighted by molar-refractivity contribution is 5.84. The molecule has 0 amide bonds. The first kappa shape index (κ1) is 10.3. The summed E-state index contributed by atoms with van der Waals surface area (Å²) in [5.74, 6) is -0.723. The first-order valence-corrected chi connectivity index (χ1v) is 4.70. The van der Waals surface area contributed by atoms with Gasteiger partial charge in [-0.2, -0.15) is 5.10 Å². The topological polar surface area (TPSA) is 80.3 Å². The summed E-state index contributed by atoms with van der Waals surface area (Å²) in [6.07, 6.45) is 1.70. The second-order valence-electron chi connectivity index (χ2n) is 3.27. The number of nitrogens with one attached hydrogen (secondary N) is 1. The lowest BCUT2D eigenvalue weighted by molar-refractivity contribution is 0.0663. The molecule has 0 saturated carbocycles. The molecule has 0 aliphatic carbocycles. The first-order valence-electron chi connectivity index (χ1n) is 4.70. The number of hydrogen-bond acceptors (Lipinski definition) is 4. The van der Waals surface area contributed by atoms with E-state index in [2.05, 4.69) is 10.4 Å². The summed E-state index contributed by atoms with van der Waals surface area (Å²) in [5, 5.41) is 15.6. The zero-order chi connectivity index (χ0) is 11.5. The molecule has 6 nitrogen and oxygen atoms in total. The second-order valence-corrected chi connectivity index (χ2v) is 3.27. The van der Waals surface area contributed by atoms with E-state index in [1.165, 1.54) is 6.07 Å². The summed E-state index contributed by atoms with van der Waals surface area (Å²) < 4.78 is 6.77. The lowest BCUT2D eigenvalue weighted by Crippen LogP contribution is -2.04. The van der Waals surface area contributed by atoms with E-state index in [9.17, 15) is 4.79 Å². The van der Waals surface area contributed by atoms with Gasteiger partial charge in [0.25, 0.3) is 0 Å². The number of aryl methyl sites for hydroxylation is 1. The van der Waals surface area contributed by atoms with Crippen molar-refractivity contribution < 1.29 is 14.3 Å². The second kappa shape index (κ2) is 4.09. The van der Waals surface area contributed by atoms with Crippen LogP contribution in [0.1, 0.15) is 16.2 Å². The zero-order valence-electron chi connectivity index (χ0n) is 8.67. The molecule has 0 atom stereocenters. The Hall–Kier alpha value is -2.24. The molecule has 0 unspecified atom stereocenters. The monoisotopic (exact) mass is 221 g/mol. The Kier molecular flexibility index (Phi) is 2.63. The van der Waals surface area contributed by atoms with E-state index in [1.54, 1.807) is 16.9 Å². The number of aromatic nitrogens is 2. The first-order chi connectivity index (χ1) is 7.66. The molecule has 2 rings (SSSR count). The molecule has 84 valence electrons. The van der Waals surface area contributed by atoms with Crippen LogP contribution in [0.15, 0.2) is 28.8 Å².